The number of nitrogens with one attached hydrogen (secondary N) is 1. The molecular formula is C18H29N3O5S. The highest BCUT2D eigenvalue weighted by Crippen LogP contribution is 2.35. The number of aliphatic hydroxyl groups is 1. The zero-order valence-electron chi connectivity index (χ0n) is 16.5. The quantitative estimate of drug-likeness (QED) is 0.735. The highest BCUT2D eigenvalue weighted by atomic mass is 32.2. The standard InChI is InChI=1S/C18H29N3O5S/c1-12-9-21(13(2)11-22)18(23)14-7-6-8-15(19-27(5,24)25)17(14)26-16(12)10-20(3)4/h6-8,12-13,16,19,22H,9-11H2,1-5H3/t12-,13+,16-/m1/s1. The normalized spacial score (nSPS) is 21.9. The minimum Gasteiger partial charge on any atom is -0.486 e. The van der Waals surface area contributed by atoms with Gasteiger partial charge in [0, 0.05) is 19.0 Å². The Kier molecular flexibility index (Phi) is 6.72. The van der Waals surface area contributed by atoms with Crippen molar-refractivity contribution in [3.05, 3.63) is 23.8 Å². The van der Waals surface area contributed by atoms with E-state index < -0.39 is 10.0 Å². The minimum atomic E-state index is -3.54. The zero-order chi connectivity index (χ0) is 20.4. The van der Waals surface area contributed by atoms with Crippen LogP contribution in [-0.2, 0) is 10.0 Å². The number of hydrogen-bond acceptors (Lipinski definition) is 6. The molecule has 1 aliphatic rings. The van der Waals surface area contributed by atoms with Crippen molar-refractivity contribution in [2.45, 2.75) is 26.0 Å². The molecule has 0 unspecified atom stereocenters. The zero-order valence-corrected chi connectivity index (χ0v) is 17.3. The monoisotopic (exact) mass is 399 g/mol. The van der Waals surface area contributed by atoms with Crippen molar-refractivity contribution in [1.82, 2.24) is 9.80 Å². The van der Waals surface area contributed by atoms with Crippen LogP contribution >= 0.6 is 0 Å². The van der Waals surface area contributed by atoms with Gasteiger partial charge in [0.2, 0.25) is 10.0 Å². The number of anilines is 1. The van der Waals surface area contributed by atoms with Gasteiger partial charge in [-0.1, -0.05) is 13.0 Å². The van der Waals surface area contributed by atoms with Crippen LogP contribution in [0.1, 0.15) is 24.2 Å². The molecule has 2 rings (SSSR count). The Labute approximate surface area is 161 Å². The third-order valence-corrected chi connectivity index (χ3v) is 5.12. The number of sulfonamides is 1. The first kappa shape index (κ1) is 21.5. The number of aliphatic hydroxyl groups excluding tert-OH is 1. The van der Waals surface area contributed by atoms with Gasteiger partial charge in [0.1, 0.15) is 6.10 Å². The molecule has 0 radical (unpaired) electrons. The molecule has 9 heteroatoms. The van der Waals surface area contributed by atoms with E-state index in [0.717, 1.165) is 6.26 Å². The summed E-state index contributed by atoms with van der Waals surface area (Å²) < 4.78 is 32.2. The first-order chi connectivity index (χ1) is 12.5. The number of benzene rings is 1. The summed E-state index contributed by atoms with van der Waals surface area (Å²) in [6.45, 7) is 4.64. The summed E-state index contributed by atoms with van der Waals surface area (Å²) >= 11 is 0. The molecule has 3 atom stereocenters. The van der Waals surface area contributed by atoms with Gasteiger partial charge in [-0.2, -0.15) is 0 Å². The number of hydrogen-bond donors (Lipinski definition) is 2. The smallest absolute Gasteiger partial charge is 0.258 e. The van der Waals surface area contributed by atoms with Crippen molar-refractivity contribution >= 4 is 21.6 Å². The fraction of sp³-hybridized carbons (Fsp3) is 0.611. The van der Waals surface area contributed by atoms with Crippen LogP contribution in [0.15, 0.2) is 18.2 Å². The molecule has 2 N–H and O–H groups in total. The van der Waals surface area contributed by atoms with E-state index in [2.05, 4.69) is 4.72 Å². The van der Waals surface area contributed by atoms with E-state index in [-0.39, 0.29) is 47.6 Å². The minimum absolute atomic E-state index is 0.0233. The highest BCUT2D eigenvalue weighted by Gasteiger charge is 2.34. The third-order valence-electron chi connectivity index (χ3n) is 4.53. The van der Waals surface area contributed by atoms with Gasteiger partial charge >= 0.3 is 0 Å². The lowest BCUT2D eigenvalue weighted by Crippen LogP contribution is -2.49. The van der Waals surface area contributed by atoms with Gasteiger partial charge in [0.05, 0.1) is 30.2 Å². The predicted octanol–water partition coefficient (Wildman–Crippen LogP) is 0.840. The second-order valence-corrected chi connectivity index (χ2v) is 9.19. The Morgan fingerprint density at radius 2 is 2.07 bits per heavy atom. The molecule has 1 aromatic carbocycles. The van der Waals surface area contributed by atoms with E-state index in [1.807, 2.05) is 25.9 Å². The molecule has 152 valence electrons. The Morgan fingerprint density at radius 3 is 2.63 bits per heavy atom. The fourth-order valence-electron chi connectivity index (χ4n) is 3.10. The molecular weight excluding hydrogens is 370 g/mol. The van der Waals surface area contributed by atoms with Crippen LogP contribution in [0.25, 0.3) is 0 Å². The van der Waals surface area contributed by atoms with Crippen LogP contribution in [0, 0.1) is 5.92 Å². The summed E-state index contributed by atoms with van der Waals surface area (Å²) in [4.78, 5) is 16.7. The number of para-hydroxylation sites is 1. The van der Waals surface area contributed by atoms with Gasteiger partial charge < -0.3 is 19.6 Å². The third kappa shape index (κ3) is 5.33. The molecule has 0 aliphatic carbocycles. The Morgan fingerprint density at radius 1 is 1.41 bits per heavy atom. The number of ether oxygens (including phenoxy) is 1. The molecule has 1 heterocycles. The first-order valence-electron chi connectivity index (χ1n) is 8.87. The number of fused-ring (bicyclic) bond motifs is 1. The van der Waals surface area contributed by atoms with Gasteiger partial charge in [0.25, 0.3) is 5.91 Å². The van der Waals surface area contributed by atoms with Crippen LogP contribution in [0.3, 0.4) is 0 Å². The Balaban J connectivity index is 2.59. The number of rotatable bonds is 6. The Hall–Kier alpha value is -1.84. The van der Waals surface area contributed by atoms with Crippen molar-refractivity contribution < 1.29 is 23.1 Å². The summed E-state index contributed by atoms with van der Waals surface area (Å²) in [5, 5.41) is 9.59. The number of carbonyl (C=O) groups is 1. The fourth-order valence-corrected chi connectivity index (χ4v) is 3.66. The van der Waals surface area contributed by atoms with Crippen LogP contribution in [-0.4, -0.2) is 81.4 Å². The lowest BCUT2D eigenvalue weighted by molar-refractivity contribution is 0.0366. The maximum Gasteiger partial charge on any atom is 0.258 e. The SMILES string of the molecule is C[C@@H]1CN([C@@H](C)CO)C(=O)c2cccc(NS(C)(=O)=O)c2O[C@@H]1CN(C)C. The van der Waals surface area contributed by atoms with E-state index in [1.165, 1.54) is 0 Å². The summed E-state index contributed by atoms with van der Waals surface area (Å²) in [6, 6.07) is 4.44. The van der Waals surface area contributed by atoms with E-state index >= 15 is 0 Å². The first-order valence-corrected chi connectivity index (χ1v) is 10.8. The second-order valence-electron chi connectivity index (χ2n) is 7.44. The van der Waals surface area contributed by atoms with Crippen molar-refractivity contribution in [1.29, 1.82) is 0 Å². The van der Waals surface area contributed by atoms with Crippen molar-refractivity contribution in [3.8, 4) is 5.75 Å². The predicted molar refractivity (Wildman–Crippen MR) is 105 cm³/mol. The number of carbonyl (C=O) groups excluding carboxylic acids is 1. The molecule has 0 saturated carbocycles. The van der Waals surface area contributed by atoms with Crippen LogP contribution in [0.4, 0.5) is 5.69 Å². The van der Waals surface area contributed by atoms with Gasteiger partial charge in [-0.3, -0.25) is 9.52 Å². The van der Waals surface area contributed by atoms with Crippen molar-refractivity contribution in [2.24, 2.45) is 5.92 Å². The molecule has 1 aliphatic heterocycles. The van der Waals surface area contributed by atoms with Crippen LogP contribution < -0.4 is 9.46 Å². The summed E-state index contributed by atoms with van der Waals surface area (Å²) in [5.41, 5.74) is 0.511. The topological polar surface area (TPSA) is 99.2 Å². The van der Waals surface area contributed by atoms with E-state index in [0.29, 0.717) is 13.1 Å². The van der Waals surface area contributed by atoms with Crippen LogP contribution in [0.2, 0.25) is 0 Å². The maximum atomic E-state index is 13.1. The largest absolute Gasteiger partial charge is 0.486 e. The van der Waals surface area contributed by atoms with Gasteiger partial charge in [0.15, 0.2) is 5.75 Å². The number of nitrogens with zero attached hydrogens (tertiary/aromatic N) is 2. The van der Waals surface area contributed by atoms with Gasteiger partial charge in [-0.15, -0.1) is 0 Å². The van der Waals surface area contributed by atoms with E-state index in [1.54, 1.807) is 30.0 Å². The molecule has 27 heavy (non-hydrogen) atoms. The molecule has 0 saturated heterocycles. The molecule has 0 fully saturated rings. The van der Waals surface area contributed by atoms with Crippen molar-refractivity contribution in [2.75, 3.05) is 44.8 Å². The number of amides is 1. The molecule has 1 amide bonds. The molecule has 0 spiro atoms. The van der Waals surface area contributed by atoms with E-state index in [9.17, 15) is 18.3 Å². The van der Waals surface area contributed by atoms with Crippen LogP contribution in [0.5, 0.6) is 5.75 Å². The molecule has 0 bridgehead atoms. The lowest BCUT2D eigenvalue weighted by atomic mass is 9.99. The highest BCUT2D eigenvalue weighted by molar-refractivity contribution is 7.92. The Bertz CT molecular complexity index is 781. The van der Waals surface area contributed by atoms with Gasteiger partial charge in [-0.25, -0.2) is 8.42 Å². The molecule has 8 nitrogen and oxygen atoms in total. The summed E-state index contributed by atoms with van der Waals surface area (Å²) in [5.74, 6) is -0.0925. The van der Waals surface area contributed by atoms with Crippen molar-refractivity contribution in [3.63, 3.8) is 0 Å². The second kappa shape index (κ2) is 8.45. The maximum absolute atomic E-state index is 13.1. The average molecular weight is 400 g/mol. The molecule has 0 aromatic heterocycles. The summed E-state index contributed by atoms with van der Waals surface area (Å²) in [6.07, 6.45) is 0.791. The lowest BCUT2D eigenvalue weighted by Gasteiger charge is -2.38. The average Bonchev–Trinajstić information content (AvgIpc) is 2.56. The molecule has 1 aromatic rings. The summed E-state index contributed by atoms with van der Waals surface area (Å²) in [7, 11) is 0.309. The number of likely N-dealkylation sites (N-methyl/N-ethyl adjacent to an activating group) is 1. The van der Waals surface area contributed by atoms with Gasteiger partial charge in [-0.05, 0) is 33.2 Å². The van der Waals surface area contributed by atoms with E-state index in [4.69, 9.17) is 4.74 Å².